The molecule has 2 atom stereocenters. The lowest BCUT2D eigenvalue weighted by molar-refractivity contribution is 0.317. The van der Waals surface area contributed by atoms with Crippen molar-refractivity contribution in [3.8, 4) is 5.75 Å². The number of hydrogen-bond donors (Lipinski definition) is 1. The van der Waals surface area contributed by atoms with Crippen molar-refractivity contribution in [2.75, 3.05) is 11.9 Å². The quantitative estimate of drug-likeness (QED) is 0.760. The highest BCUT2D eigenvalue weighted by Crippen LogP contribution is 2.19. The summed E-state index contributed by atoms with van der Waals surface area (Å²) in [5.74, 6) is 1.64. The van der Waals surface area contributed by atoms with E-state index in [1.54, 1.807) is 0 Å². The van der Waals surface area contributed by atoms with Crippen LogP contribution in [0.4, 0.5) is 5.69 Å². The lowest BCUT2D eigenvalue weighted by Gasteiger charge is -2.21. The van der Waals surface area contributed by atoms with E-state index in [2.05, 4.69) is 45.1 Å². The molecule has 17 heavy (non-hydrogen) atoms. The summed E-state index contributed by atoms with van der Waals surface area (Å²) in [6.45, 7) is 9.64. The Balaban J connectivity index is 2.50. The van der Waals surface area contributed by atoms with Crippen molar-refractivity contribution in [2.45, 2.75) is 46.6 Å². The van der Waals surface area contributed by atoms with Gasteiger partial charge in [0.2, 0.25) is 0 Å². The van der Waals surface area contributed by atoms with E-state index in [-0.39, 0.29) is 0 Å². The highest BCUT2D eigenvalue weighted by molar-refractivity contribution is 5.47. The molecule has 2 unspecified atom stereocenters. The molecule has 0 aliphatic carbocycles. The Bertz CT molecular complexity index is 307. The average molecular weight is 235 g/mol. The summed E-state index contributed by atoms with van der Waals surface area (Å²) in [6, 6.07) is 8.73. The Hall–Kier alpha value is -1.18. The molecule has 0 aliphatic heterocycles. The minimum absolute atomic E-state index is 0.502. The molecule has 0 aromatic heterocycles. The molecule has 2 heteroatoms. The topological polar surface area (TPSA) is 21.3 Å². The number of anilines is 1. The van der Waals surface area contributed by atoms with Crippen LogP contribution in [0, 0.1) is 5.92 Å². The van der Waals surface area contributed by atoms with Gasteiger partial charge in [0, 0.05) is 11.7 Å². The summed E-state index contributed by atoms with van der Waals surface area (Å²) in [6.07, 6.45) is 2.25. The van der Waals surface area contributed by atoms with E-state index in [0.717, 1.165) is 18.8 Å². The monoisotopic (exact) mass is 235 g/mol. The summed E-state index contributed by atoms with van der Waals surface area (Å²) in [5.41, 5.74) is 1.17. The highest BCUT2D eigenvalue weighted by atomic mass is 16.5. The molecule has 0 heterocycles. The Morgan fingerprint density at radius 1 is 1.12 bits per heavy atom. The normalized spacial score (nSPS) is 14.1. The van der Waals surface area contributed by atoms with Crippen LogP contribution in [-0.2, 0) is 0 Å². The molecule has 0 aliphatic rings. The molecule has 0 radical (unpaired) electrons. The Kier molecular flexibility index (Phi) is 5.88. The maximum atomic E-state index is 5.56. The van der Waals surface area contributed by atoms with Gasteiger partial charge in [-0.05, 0) is 43.5 Å². The van der Waals surface area contributed by atoms with E-state index in [1.165, 1.54) is 12.1 Å². The van der Waals surface area contributed by atoms with Crippen molar-refractivity contribution >= 4 is 5.69 Å². The van der Waals surface area contributed by atoms with Crippen LogP contribution in [0.3, 0.4) is 0 Å². The molecule has 1 aromatic rings. The largest absolute Gasteiger partial charge is 0.494 e. The summed E-state index contributed by atoms with van der Waals surface area (Å²) < 4.78 is 5.56. The Morgan fingerprint density at radius 2 is 1.76 bits per heavy atom. The molecule has 0 fully saturated rings. The van der Waals surface area contributed by atoms with Gasteiger partial charge in [0.25, 0.3) is 0 Å². The van der Waals surface area contributed by atoms with Crippen LogP contribution >= 0.6 is 0 Å². The molecular formula is C15H25NO. The van der Waals surface area contributed by atoms with Gasteiger partial charge < -0.3 is 10.1 Å². The third-order valence-corrected chi connectivity index (χ3v) is 3.22. The predicted octanol–water partition coefficient (Wildman–Crippen LogP) is 4.32. The summed E-state index contributed by atoms with van der Waals surface area (Å²) in [4.78, 5) is 0. The maximum absolute atomic E-state index is 5.56. The Labute approximate surface area is 105 Å². The second kappa shape index (κ2) is 7.21. The van der Waals surface area contributed by atoms with Gasteiger partial charge in [-0.1, -0.05) is 27.2 Å². The van der Waals surface area contributed by atoms with Gasteiger partial charge in [-0.25, -0.2) is 0 Å². The fourth-order valence-corrected chi connectivity index (χ4v) is 1.63. The first-order chi connectivity index (χ1) is 8.17. The molecule has 0 saturated heterocycles. The summed E-state index contributed by atoms with van der Waals surface area (Å²) >= 11 is 0. The number of rotatable bonds is 7. The fraction of sp³-hybridized carbons (Fsp3) is 0.600. The minimum atomic E-state index is 0.502. The van der Waals surface area contributed by atoms with Gasteiger partial charge in [0.1, 0.15) is 5.75 Å². The van der Waals surface area contributed by atoms with E-state index in [4.69, 9.17) is 4.74 Å². The van der Waals surface area contributed by atoms with E-state index < -0.39 is 0 Å². The Morgan fingerprint density at radius 3 is 2.29 bits per heavy atom. The van der Waals surface area contributed by atoms with Crippen molar-refractivity contribution < 1.29 is 4.74 Å². The molecule has 96 valence electrons. The van der Waals surface area contributed by atoms with Crippen LogP contribution < -0.4 is 10.1 Å². The fourth-order valence-electron chi connectivity index (χ4n) is 1.63. The smallest absolute Gasteiger partial charge is 0.119 e. The zero-order chi connectivity index (χ0) is 12.7. The van der Waals surface area contributed by atoms with Crippen molar-refractivity contribution in [1.29, 1.82) is 0 Å². The van der Waals surface area contributed by atoms with Crippen molar-refractivity contribution in [3.05, 3.63) is 24.3 Å². The van der Waals surface area contributed by atoms with Crippen LogP contribution in [0.15, 0.2) is 24.3 Å². The third-order valence-electron chi connectivity index (χ3n) is 3.22. The standard InChI is InChI=1S/C15H25NO/c1-5-11-17-15-9-7-14(8-10-15)16-13(4)12(3)6-2/h7-10,12-13,16H,5-6,11H2,1-4H3. The number of benzene rings is 1. The van der Waals surface area contributed by atoms with Crippen LogP contribution in [0.25, 0.3) is 0 Å². The lowest BCUT2D eigenvalue weighted by Crippen LogP contribution is -2.23. The molecule has 0 saturated carbocycles. The van der Waals surface area contributed by atoms with Crippen molar-refractivity contribution in [2.24, 2.45) is 5.92 Å². The molecule has 2 nitrogen and oxygen atoms in total. The molecule has 1 aromatic carbocycles. The minimum Gasteiger partial charge on any atom is -0.494 e. The van der Waals surface area contributed by atoms with Gasteiger partial charge in [-0.2, -0.15) is 0 Å². The first-order valence-electron chi connectivity index (χ1n) is 6.66. The molecule has 1 rings (SSSR count). The first-order valence-corrected chi connectivity index (χ1v) is 6.66. The van der Waals surface area contributed by atoms with Crippen LogP contribution in [0.5, 0.6) is 5.75 Å². The van der Waals surface area contributed by atoms with E-state index in [9.17, 15) is 0 Å². The maximum Gasteiger partial charge on any atom is 0.119 e. The van der Waals surface area contributed by atoms with Gasteiger partial charge in [0.05, 0.1) is 6.61 Å². The molecule has 0 bridgehead atoms. The van der Waals surface area contributed by atoms with E-state index >= 15 is 0 Å². The van der Waals surface area contributed by atoms with Crippen molar-refractivity contribution in [1.82, 2.24) is 0 Å². The van der Waals surface area contributed by atoms with Crippen LogP contribution in [0.1, 0.15) is 40.5 Å². The second-order valence-electron chi connectivity index (χ2n) is 4.69. The average Bonchev–Trinajstić information content (AvgIpc) is 2.37. The lowest BCUT2D eigenvalue weighted by atomic mass is 10.0. The van der Waals surface area contributed by atoms with Gasteiger partial charge in [-0.15, -0.1) is 0 Å². The summed E-state index contributed by atoms with van der Waals surface area (Å²) in [5, 5.41) is 3.52. The number of nitrogens with one attached hydrogen (secondary N) is 1. The van der Waals surface area contributed by atoms with Crippen LogP contribution in [0.2, 0.25) is 0 Å². The van der Waals surface area contributed by atoms with E-state index in [0.29, 0.717) is 12.0 Å². The molecule has 0 amide bonds. The summed E-state index contributed by atoms with van der Waals surface area (Å²) in [7, 11) is 0. The zero-order valence-corrected chi connectivity index (χ0v) is 11.5. The van der Waals surface area contributed by atoms with Gasteiger partial charge in [0.15, 0.2) is 0 Å². The molecule has 1 N–H and O–H groups in total. The number of ether oxygens (including phenoxy) is 1. The zero-order valence-electron chi connectivity index (χ0n) is 11.5. The van der Waals surface area contributed by atoms with Crippen LogP contribution in [-0.4, -0.2) is 12.6 Å². The van der Waals surface area contributed by atoms with Gasteiger partial charge >= 0.3 is 0 Å². The molecular weight excluding hydrogens is 210 g/mol. The second-order valence-corrected chi connectivity index (χ2v) is 4.69. The molecule has 0 spiro atoms. The van der Waals surface area contributed by atoms with E-state index in [1.807, 2.05) is 12.1 Å². The highest BCUT2D eigenvalue weighted by Gasteiger charge is 2.09. The predicted molar refractivity (Wildman–Crippen MR) is 74.8 cm³/mol. The SMILES string of the molecule is CCCOc1ccc(NC(C)C(C)CC)cc1. The number of hydrogen-bond acceptors (Lipinski definition) is 2. The van der Waals surface area contributed by atoms with Crippen molar-refractivity contribution in [3.63, 3.8) is 0 Å². The first kappa shape index (κ1) is 13.9. The third kappa shape index (κ3) is 4.68. The van der Waals surface area contributed by atoms with Gasteiger partial charge in [-0.3, -0.25) is 0 Å².